The van der Waals surface area contributed by atoms with Crippen LogP contribution in [0.15, 0.2) is 46.8 Å². The first kappa shape index (κ1) is 13.9. The van der Waals surface area contributed by atoms with E-state index in [0.29, 0.717) is 10.9 Å². The molecule has 2 aromatic heterocycles. The largest absolute Gasteiger partial charge is 0.294 e. The average molecular weight is 318 g/mol. The van der Waals surface area contributed by atoms with Crippen molar-refractivity contribution in [1.82, 2.24) is 24.7 Å². The Labute approximate surface area is 123 Å². The first-order valence-electron chi connectivity index (χ1n) is 5.85. The van der Waals surface area contributed by atoms with Gasteiger partial charge in [-0.15, -0.1) is 0 Å². The Bertz CT molecular complexity index is 1020. The van der Waals surface area contributed by atoms with Crippen LogP contribution in [0, 0.1) is 5.53 Å². The van der Waals surface area contributed by atoms with Gasteiger partial charge in [-0.25, -0.2) is 14.6 Å². The summed E-state index contributed by atoms with van der Waals surface area (Å²) >= 11 is 0. The molecule has 0 fully saturated rings. The quantitative estimate of drug-likeness (QED) is 0.421. The molecule has 0 radical (unpaired) electrons. The minimum Gasteiger partial charge on any atom is -0.282 e. The van der Waals surface area contributed by atoms with Crippen molar-refractivity contribution in [3.8, 4) is 5.82 Å². The van der Waals surface area contributed by atoms with Gasteiger partial charge in [0.05, 0.1) is 16.6 Å². The second-order valence-electron chi connectivity index (χ2n) is 4.16. The lowest BCUT2D eigenvalue weighted by molar-refractivity contribution is 0.483. The zero-order valence-electron chi connectivity index (χ0n) is 10.8. The van der Waals surface area contributed by atoms with E-state index in [4.69, 9.17) is 10.1 Å². The molecule has 22 heavy (non-hydrogen) atoms. The standard InChI is InChI=1S/C11H7N7O3S/c12-17-16-10-11(14-4-3-13-10)18-9-2-1-8(22(19,20)21)5-7(9)6-15-18/h1-6,12H/p+1. The molecule has 11 heteroatoms. The normalized spacial score (nSPS) is 11.3. The number of rotatable bonds is 3. The second-order valence-corrected chi connectivity index (χ2v) is 5.58. The van der Waals surface area contributed by atoms with Crippen LogP contribution in [0.25, 0.3) is 16.7 Å². The highest BCUT2D eigenvalue weighted by Gasteiger charge is 2.16. The van der Waals surface area contributed by atoms with Gasteiger partial charge in [-0.05, 0) is 18.2 Å². The molecule has 0 unspecified atom stereocenters. The number of hydrogen-bond donors (Lipinski definition) is 2. The molecule has 0 saturated carbocycles. The van der Waals surface area contributed by atoms with E-state index in [1.165, 1.54) is 41.5 Å². The molecule has 110 valence electrons. The summed E-state index contributed by atoms with van der Waals surface area (Å²) in [6.45, 7) is 0. The number of benzene rings is 1. The summed E-state index contributed by atoms with van der Waals surface area (Å²) in [6, 6.07) is 4.01. The molecular weight excluding hydrogens is 310 g/mol. The van der Waals surface area contributed by atoms with Crippen LogP contribution < -0.4 is 4.91 Å². The Kier molecular flexibility index (Phi) is 3.22. The summed E-state index contributed by atoms with van der Waals surface area (Å²) in [5.41, 5.74) is 7.32. The molecule has 0 aliphatic rings. The molecule has 0 atom stereocenters. The van der Waals surface area contributed by atoms with Crippen LogP contribution in [-0.2, 0) is 10.1 Å². The highest BCUT2D eigenvalue weighted by atomic mass is 32.2. The molecule has 2 heterocycles. The van der Waals surface area contributed by atoms with Crippen molar-refractivity contribution in [3.63, 3.8) is 0 Å². The van der Waals surface area contributed by atoms with Crippen LogP contribution in [0.5, 0.6) is 0 Å². The van der Waals surface area contributed by atoms with Crippen molar-refractivity contribution in [3.05, 3.63) is 36.8 Å². The Balaban J connectivity index is 2.24. The van der Waals surface area contributed by atoms with E-state index >= 15 is 0 Å². The van der Waals surface area contributed by atoms with Gasteiger partial charge in [0.2, 0.25) is 10.7 Å². The summed E-state index contributed by atoms with van der Waals surface area (Å²) in [7, 11) is -4.29. The maximum Gasteiger partial charge on any atom is 0.294 e. The zero-order chi connectivity index (χ0) is 15.7. The summed E-state index contributed by atoms with van der Waals surface area (Å²) in [6.07, 6.45) is 4.24. The van der Waals surface area contributed by atoms with Crippen molar-refractivity contribution in [2.45, 2.75) is 4.90 Å². The van der Waals surface area contributed by atoms with Gasteiger partial charge in [0.25, 0.3) is 15.9 Å². The number of nitrogens with zero attached hydrogens (tertiary/aromatic N) is 6. The van der Waals surface area contributed by atoms with Crippen molar-refractivity contribution in [1.29, 1.82) is 5.53 Å². The predicted molar refractivity (Wildman–Crippen MR) is 73.4 cm³/mol. The molecule has 3 aromatic rings. The van der Waals surface area contributed by atoms with Gasteiger partial charge in [-0.2, -0.15) is 13.5 Å². The summed E-state index contributed by atoms with van der Waals surface area (Å²) in [4.78, 5) is 10.7. The number of nitrogens with one attached hydrogen (secondary N) is 1. The molecule has 0 aliphatic carbocycles. The third kappa shape index (κ3) is 2.35. The minimum atomic E-state index is -4.29. The lowest BCUT2D eigenvalue weighted by atomic mass is 10.2. The van der Waals surface area contributed by atoms with E-state index < -0.39 is 10.1 Å². The number of fused-ring (bicyclic) bond motifs is 1. The van der Waals surface area contributed by atoms with E-state index in [1.807, 2.05) is 0 Å². The average Bonchev–Trinajstić information content (AvgIpc) is 2.90. The Morgan fingerprint density at radius 2 is 2.05 bits per heavy atom. The topological polar surface area (TPSA) is 148 Å². The Hall–Kier alpha value is -3.01. The van der Waals surface area contributed by atoms with Crippen molar-refractivity contribution in [2.24, 2.45) is 5.11 Å². The predicted octanol–water partition coefficient (Wildman–Crippen LogP) is 1.24. The third-order valence-corrected chi connectivity index (χ3v) is 3.69. The fourth-order valence-electron chi connectivity index (χ4n) is 1.93. The Morgan fingerprint density at radius 3 is 2.77 bits per heavy atom. The molecule has 1 aromatic carbocycles. The molecule has 0 bridgehead atoms. The first-order valence-corrected chi connectivity index (χ1v) is 7.29. The highest BCUT2D eigenvalue weighted by Crippen LogP contribution is 2.24. The van der Waals surface area contributed by atoms with Crippen molar-refractivity contribution in [2.75, 3.05) is 0 Å². The summed E-state index contributed by atoms with van der Waals surface area (Å²) in [5.74, 6) is 0.342. The molecule has 10 nitrogen and oxygen atoms in total. The molecular formula is C11H8N7O3S+. The van der Waals surface area contributed by atoms with E-state index in [-0.39, 0.29) is 16.5 Å². The smallest absolute Gasteiger partial charge is 0.282 e. The van der Waals surface area contributed by atoms with Crippen LogP contribution in [0.4, 0.5) is 5.82 Å². The van der Waals surface area contributed by atoms with Crippen LogP contribution in [0.1, 0.15) is 0 Å². The van der Waals surface area contributed by atoms with E-state index in [9.17, 15) is 8.42 Å². The van der Waals surface area contributed by atoms with E-state index in [0.717, 1.165) is 0 Å². The molecule has 0 saturated heterocycles. The fourth-order valence-corrected chi connectivity index (χ4v) is 2.45. The van der Waals surface area contributed by atoms with Crippen LogP contribution in [0.3, 0.4) is 0 Å². The summed E-state index contributed by atoms with van der Waals surface area (Å²) in [5, 5.41) is 8.14. The van der Waals surface area contributed by atoms with Gasteiger partial charge in [-0.3, -0.25) is 4.55 Å². The maximum atomic E-state index is 11.2. The molecule has 3 rings (SSSR count). The van der Waals surface area contributed by atoms with Crippen molar-refractivity contribution < 1.29 is 13.0 Å². The first-order chi connectivity index (χ1) is 10.5. The van der Waals surface area contributed by atoms with Gasteiger partial charge in [0.1, 0.15) is 5.53 Å². The van der Waals surface area contributed by atoms with Crippen molar-refractivity contribution >= 4 is 26.8 Å². The number of aromatic nitrogens is 4. The van der Waals surface area contributed by atoms with Gasteiger partial charge >= 0.3 is 0 Å². The van der Waals surface area contributed by atoms with Gasteiger partial charge in [-0.1, -0.05) is 0 Å². The maximum absolute atomic E-state index is 11.2. The van der Waals surface area contributed by atoms with Gasteiger partial charge in [0.15, 0.2) is 5.11 Å². The molecule has 0 aliphatic heterocycles. The molecule has 0 spiro atoms. The molecule has 0 amide bonds. The van der Waals surface area contributed by atoms with Crippen LogP contribution >= 0.6 is 0 Å². The van der Waals surface area contributed by atoms with E-state index in [2.05, 4.69) is 25.1 Å². The number of hydrogen-bond acceptors (Lipinski definition) is 7. The van der Waals surface area contributed by atoms with Gasteiger partial charge in [0, 0.05) is 17.8 Å². The SMILES string of the molecule is N=[N+]=Nc1nccnc1-n1ncc2cc(S(=O)(=O)O)ccc21. The van der Waals surface area contributed by atoms with E-state index in [1.54, 1.807) is 0 Å². The lowest BCUT2D eigenvalue weighted by Gasteiger charge is -2.02. The fraction of sp³-hybridized carbons (Fsp3) is 0. The van der Waals surface area contributed by atoms with Crippen LogP contribution in [0.2, 0.25) is 0 Å². The minimum absolute atomic E-state index is 0.0985. The third-order valence-electron chi connectivity index (χ3n) is 2.84. The lowest BCUT2D eigenvalue weighted by Crippen LogP contribution is -2.01. The monoisotopic (exact) mass is 318 g/mol. The Morgan fingerprint density at radius 1 is 1.27 bits per heavy atom. The van der Waals surface area contributed by atoms with Gasteiger partial charge < -0.3 is 0 Å². The zero-order valence-corrected chi connectivity index (χ0v) is 11.6. The second kappa shape index (κ2) is 5.07. The molecule has 2 N–H and O–H groups in total. The highest BCUT2D eigenvalue weighted by molar-refractivity contribution is 7.85. The summed E-state index contributed by atoms with van der Waals surface area (Å²) < 4.78 is 32.8. The van der Waals surface area contributed by atoms with Crippen LogP contribution in [-0.4, -0.2) is 32.7 Å².